The van der Waals surface area contributed by atoms with Crippen LogP contribution in [-0.2, 0) is 0 Å². The lowest BCUT2D eigenvalue weighted by Crippen LogP contribution is -2.21. The van der Waals surface area contributed by atoms with Crippen LogP contribution in [0.2, 0.25) is 0 Å². The minimum Gasteiger partial charge on any atom is -0.493 e. The summed E-state index contributed by atoms with van der Waals surface area (Å²) in [5.41, 5.74) is 2.03. The van der Waals surface area contributed by atoms with E-state index in [1.807, 2.05) is 0 Å². The van der Waals surface area contributed by atoms with Crippen molar-refractivity contribution in [3.05, 3.63) is 34.4 Å². The van der Waals surface area contributed by atoms with E-state index in [9.17, 15) is 9.59 Å². The Morgan fingerprint density at radius 2 is 1.43 bits per heavy atom. The highest BCUT2D eigenvalue weighted by Crippen LogP contribution is 2.36. The molecular formula is C19H24O4. The Labute approximate surface area is 137 Å². The fraction of sp³-hybridized carbons (Fsp3) is 0.474. The Balaban J connectivity index is 2.37. The zero-order valence-corrected chi connectivity index (χ0v) is 14.3. The van der Waals surface area contributed by atoms with Crippen molar-refractivity contribution in [2.45, 2.75) is 46.0 Å². The first kappa shape index (κ1) is 17.3. The summed E-state index contributed by atoms with van der Waals surface area (Å²) in [7, 11) is 3.04. The third-order valence-electron chi connectivity index (χ3n) is 4.36. The number of hydrogen-bond donors (Lipinski definition) is 0. The highest BCUT2D eigenvalue weighted by molar-refractivity contribution is 6.27. The molecule has 0 N–H and O–H groups in total. The average Bonchev–Trinajstić information content (AvgIpc) is 2.57. The highest BCUT2D eigenvalue weighted by atomic mass is 16.5. The van der Waals surface area contributed by atoms with Crippen LogP contribution < -0.4 is 9.47 Å². The monoisotopic (exact) mass is 316 g/mol. The van der Waals surface area contributed by atoms with E-state index in [2.05, 4.69) is 6.92 Å². The van der Waals surface area contributed by atoms with Crippen molar-refractivity contribution >= 4 is 11.6 Å². The van der Waals surface area contributed by atoms with Gasteiger partial charge in [-0.2, -0.15) is 0 Å². The van der Waals surface area contributed by atoms with Gasteiger partial charge >= 0.3 is 0 Å². The lowest BCUT2D eigenvalue weighted by atomic mass is 9.82. The van der Waals surface area contributed by atoms with Crippen LogP contribution in [0.1, 0.15) is 66.7 Å². The standard InChI is InChI=1S/C19H24O4/c1-5-6-7-8-9-13-12(2)18(20)14-10-16(22-3)17(23-4)11-15(14)19(13)21/h10-11H,5-9H2,1-4H3. The number of carbonyl (C=O) groups is 2. The van der Waals surface area contributed by atoms with Gasteiger partial charge in [0.1, 0.15) is 0 Å². The molecular weight excluding hydrogens is 292 g/mol. The van der Waals surface area contributed by atoms with Crippen molar-refractivity contribution in [3.63, 3.8) is 0 Å². The predicted octanol–water partition coefficient (Wildman–Crippen LogP) is 4.37. The molecule has 0 heterocycles. The van der Waals surface area contributed by atoms with Gasteiger partial charge in [0.05, 0.1) is 14.2 Å². The SMILES string of the molecule is CCCCCCC1=C(C)C(=O)c2cc(OC)c(OC)cc2C1=O. The van der Waals surface area contributed by atoms with Gasteiger partial charge in [-0.05, 0) is 31.9 Å². The molecule has 1 aliphatic rings. The maximum absolute atomic E-state index is 12.8. The molecule has 2 rings (SSSR count). The van der Waals surface area contributed by atoms with E-state index >= 15 is 0 Å². The zero-order chi connectivity index (χ0) is 17.0. The second-order valence-corrected chi connectivity index (χ2v) is 5.83. The van der Waals surface area contributed by atoms with E-state index < -0.39 is 0 Å². The summed E-state index contributed by atoms with van der Waals surface area (Å²) in [5.74, 6) is 0.782. The van der Waals surface area contributed by atoms with E-state index in [4.69, 9.17) is 9.47 Å². The molecule has 0 saturated carbocycles. The quantitative estimate of drug-likeness (QED) is 0.701. The van der Waals surface area contributed by atoms with Crippen LogP contribution in [0, 0.1) is 0 Å². The van der Waals surface area contributed by atoms with Crippen molar-refractivity contribution in [2.75, 3.05) is 14.2 Å². The lowest BCUT2D eigenvalue weighted by Gasteiger charge is -2.21. The number of rotatable bonds is 7. The molecule has 124 valence electrons. The summed E-state index contributed by atoms with van der Waals surface area (Å²) in [6.45, 7) is 3.89. The number of allylic oxidation sites excluding steroid dienone is 2. The first-order valence-electron chi connectivity index (χ1n) is 8.10. The predicted molar refractivity (Wildman–Crippen MR) is 89.7 cm³/mol. The van der Waals surface area contributed by atoms with E-state index in [0.29, 0.717) is 40.2 Å². The topological polar surface area (TPSA) is 52.6 Å². The lowest BCUT2D eigenvalue weighted by molar-refractivity contribution is 0.0971. The van der Waals surface area contributed by atoms with Crippen LogP contribution >= 0.6 is 0 Å². The number of ether oxygens (including phenoxy) is 2. The summed E-state index contributed by atoms with van der Waals surface area (Å²) in [6.07, 6.45) is 4.96. The summed E-state index contributed by atoms with van der Waals surface area (Å²) in [6, 6.07) is 3.22. The van der Waals surface area contributed by atoms with Gasteiger partial charge in [0.25, 0.3) is 0 Å². The molecule has 0 atom stereocenters. The number of hydrogen-bond acceptors (Lipinski definition) is 4. The Hall–Kier alpha value is -2.10. The molecule has 0 amide bonds. The Bertz CT molecular complexity index is 656. The number of fused-ring (bicyclic) bond motifs is 1. The molecule has 0 unspecified atom stereocenters. The second kappa shape index (κ2) is 7.44. The van der Waals surface area contributed by atoms with E-state index in [-0.39, 0.29) is 11.6 Å². The summed E-state index contributed by atoms with van der Waals surface area (Å²) in [4.78, 5) is 25.4. The molecule has 0 aromatic heterocycles. The molecule has 0 aliphatic heterocycles. The van der Waals surface area contributed by atoms with Crippen molar-refractivity contribution in [2.24, 2.45) is 0 Å². The number of ketones is 2. The van der Waals surface area contributed by atoms with Crippen LogP contribution in [-0.4, -0.2) is 25.8 Å². The summed E-state index contributed by atoms with van der Waals surface area (Å²) in [5, 5.41) is 0. The number of unbranched alkanes of at least 4 members (excludes halogenated alkanes) is 3. The normalized spacial score (nSPS) is 14.1. The molecule has 1 aromatic rings. The number of Topliss-reactive ketones (excluding diaryl/α,β-unsaturated/α-hetero) is 2. The fourth-order valence-corrected chi connectivity index (χ4v) is 2.96. The molecule has 0 fully saturated rings. The van der Waals surface area contributed by atoms with Crippen molar-refractivity contribution in [3.8, 4) is 11.5 Å². The first-order chi connectivity index (χ1) is 11.0. The van der Waals surface area contributed by atoms with E-state index in [0.717, 1.165) is 25.7 Å². The molecule has 4 nitrogen and oxygen atoms in total. The third-order valence-corrected chi connectivity index (χ3v) is 4.36. The highest BCUT2D eigenvalue weighted by Gasteiger charge is 2.31. The summed E-state index contributed by atoms with van der Waals surface area (Å²) < 4.78 is 10.5. The number of methoxy groups -OCH3 is 2. The Morgan fingerprint density at radius 1 is 0.870 bits per heavy atom. The van der Waals surface area contributed by atoms with Crippen molar-refractivity contribution in [1.82, 2.24) is 0 Å². The third kappa shape index (κ3) is 3.31. The van der Waals surface area contributed by atoms with Crippen LogP contribution in [0.3, 0.4) is 0 Å². The van der Waals surface area contributed by atoms with Crippen LogP contribution in [0.15, 0.2) is 23.3 Å². The van der Waals surface area contributed by atoms with Gasteiger partial charge in [0, 0.05) is 22.3 Å². The van der Waals surface area contributed by atoms with Crippen molar-refractivity contribution < 1.29 is 19.1 Å². The molecule has 0 spiro atoms. The van der Waals surface area contributed by atoms with Gasteiger partial charge in [0.2, 0.25) is 0 Å². The molecule has 0 radical (unpaired) electrons. The molecule has 4 heteroatoms. The largest absolute Gasteiger partial charge is 0.493 e. The van der Waals surface area contributed by atoms with Crippen LogP contribution in [0.4, 0.5) is 0 Å². The van der Waals surface area contributed by atoms with Gasteiger partial charge in [-0.15, -0.1) is 0 Å². The van der Waals surface area contributed by atoms with Crippen LogP contribution in [0.5, 0.6) is 11.5 Å². The molecule has 1 aromatic carbocycles. The molecule has 0 saturated heterocycles. The van der Waals surface area contributed by atoms with Gasteiger partial charge < -0.3 is 9.47 Å². The Morgan fingerprint density at radius 3 is 1.96 bits per heavy atom. The number of carbonyl (C=O) groups excluding carboxylic acids is 2. The molecule has 1 aliphatic carbocycles. The number of benzene rings is 1. The zero-order valence-electron chi connectivity index (χ0n) is 14.3. The van der Waals surface area contributed by atoms with Crippen molar-refractivity contribution in [1.29, 1.82) is 0 Å². The Kier molecular flexibility index (Phi) is 5.59. The maximum Gasteiger partial charge on any atom is 0.190 e. The van der Waals surface area contributed by atoms with Gasteiger partial charge in [-0.3, -0.25) is 9.59 Å². The van der Waals surface area contributed by atoms with E-state index in [1.54, 1.807) is 19.1 Å². The minimum absolute atomic E-state index is 0.0606. The first-order valence-corrected chi connectivity index (χ1v) is 8.10. The molecule has 0 bridgehead atoms. The minimum atomic E-state index is -0.0916. The smallest absolute Gasteiger partial charge is 0.190 e. The van der Waals surface area contributed by atoms with Gasteiger partial charge in [0.15, 0.2) is 23.1 Å². The van der Waals surface area contributed by atoms with E-state index in [1.165, 1.54) is 14.2 Å². The summed E-state index contributed by atoms with van der Waals surface area (Å²) >= 11 is 0. The fourth-order valence-electron chi connectivity index (χ4n) is 2.96. The van der Waals surface area contributed by atoms with Crippen LogP contribution in [0.25, 0.3) is 0 Å². The van der Waals surface area contributed by atoms with Gasteiger partial charge in [-0.25, -0.2) is 0 Å². The van der Waals surface area contributed by atoms with Gasteiger partial charge in [-0.1, -0.05) is 26.2 Å². The second-order valence-electron chi connectivity index (χ2n) is 5.83. The average molecular weight is 316 g/mol. The molecule has 23 heavy (non-hydrogen) atoms. The maximum atomic E-state index is 12.8.